The van der Waals surface area contributed by atoms with Crippen LogP contribution in [0.4, 0.5) is 5.69 Å². The fourth-order valence-corrected chi connectivity index (χ4v) is 3.84. The Balaban J connectivity index is 2.02. The molecule has 0 unspecified atom stereocenters. The van der Waals surface area contributed by atoms with Crippen molar-refractivity contribution >= 4 is 23.4 Å². The van der Waals surface area contributed by atoms with Crippen molar-refractivity contribution in [1.29, 1.82) is 0 Å². The summed E-state index contributed by atoms with van der Waals surface area (Å²) in [5.74, 6) is 3.59. The maximum Gasteiger partial charge on any atom is 0.276 e. The van der Waals surface area contributed by atoms with Crippen LogP contribution in [0, 0.1) is 5.92 Å². The molecule has 0 atom stereocenters. The van der Waals surface area contributed by atoms with E-state index in [1.165, 1.54) is 12.8 Å². The molecule has 6 heteroatoms. The van der Waals surface area contributed by atoms with Gasteiger partial charge >= 0.3 is 0 Å². The standard InChI is InChI=1S/C18H26N4OS/c1-5-14(6-2)12-24-13-17-20-11-16(22(17)4)18(23)21(3)15-8-7-9-19-10-15/h7-11,14H,5-6,12-13H2,1-4H3. The third kappa shape index (κ3) is 4.38. The van der Waals surface area contributed by atoms with Gasteiger partial charge in [0.2, 0.25) is 0 Å². The first-order valence-electron chi connectivity index (χ1n) is 8.34. The first kappa shape index (κ1) is 18.5. The number of hydrogen-bond acceptors (Lipinski definition) is 4. The van der Waals surface area contributed by atoms with Crippen molar-refractivity contribution in [2.24, 2.45) is 13.0 Å². The summed E-state index contributed by atoms with van der Waals surface area (Å²) in [6.07, 6.45) is 7.47. The highest BCUT2D eigenvalue weighted by molar-refractivity contribution is 7.98. The number of rotatable bonds is 8. The van der Waals surface area contributed by atoms with Crippen molar-refractivity contribution in [3.63, 3.8) is 0 Å². The van der Waals surface area contributed by atoms with E-state index in [1.54, 1.807) is 30.5 Å². The van der Waals surface area contributed by atoms with Crippen LogP contribution < -0.4 is 4.90 Å². The number of thioether (sulfide) groups is 1. The summed E-state index contributed by atoms with van der Waals surface area (Å²) in [5, 5.41) is 0. The van der Waals surface area contributed by atoms with E-state index in [-0.39, 0.29) is 5.91 Å². The predicted molar refractivity (Wildman–Crippen MR) is 100 cm³/mol. The van der Waals surface area contributed by atoms with Crippen molar-refractivity contribution in [1.82, 2.24) is 14.5 Å². The molecular formula is C18H26N4OS. The van der Waals surface area contributed by atoms with E-state index in [1.807, 2.05) is 35.5 Å². The minimum Gasteiger partial charge on any atom is -0.326 e. The Morgan fingerprint density at radius 3 is 2.71 bits per heavy atom. The van der Waals surface area contributed by atoms with Gasteiger partial charge < -0.3 is 9.47 Å². The van der Waals surface area contributed by atoms with Crippen molar-refractivity contribution in [2.45, 2.75) is 32.4 Å². The lowest BCUT2D eigenvalue weighted by Gasteiger charge is -2.17. The molecule has 2 rings (SSSR count). The second-order valence-electron chi connectivity index (χ2n) is 5.89. The van der Waals surface area contributed by atoms with Gasteiger partial charge in [0.25, 0.3) is 5.91 Å². The average molecular weight is 346 g/mol. The summed E-state index contributed by atoms with van der Waals surface area (Å²) in [4.78, 5) is 22.8. The molecule has 24 heavy (non-hydrogen) atoms. The van der Waals surface area contributed by atoms with Crippen LogP contribution in [0.5, 0.6) is 0 Å². The van der Waals surface area contributed by atoms with Crippen molar-refractivity contribution in [3.05, 3.63) is 42.2 Å². The molecule has 130 valence electrons. The van der Waals surface area contributed by atoms with E-state index < -0.39 is 0 Å². The fraction of sp³-hybridized carbons (Fsp3) is 0.500. The lowest BCUT2D eigenvalue weighted by molar-refractivity contribution is 0.0985. The molecule has 2 heterocycles. The molecule has 0 saturated heterocycles. The number of nitrogens with zero attached hydrogens (tertiary/aromatic N) is 4. The molecule has 0 aliphatic carbocycles. The van der Waals surface area contributed by atoms with E-state index in [0.717, 1.165) is 28.9 Å². The number of hydrogen-bond donors (Lipinski definition) is 0. The largest absolute Gasteiger partial charge is 0.326 e. The van der Waals surface area contributed by atoms with Crippen LogP contribution in [0.25, 0.3) is 0 Å². The van der Waals surface area contributed by atoms with Gasteiger partial charge in [-0.2, -0.15) is 11.8 Å². The fourth-order valence-electron chi connectivity index (χ4n) is 2.46. The lowest BCUT2D eigenvalue weighted by Crippen LogP contribution is -2.28. The number of carbonyl (C=O) groups excluding carboxylic acids is 1. The summed E-state index contributed by atoms with van der Waals surface area (Å²) in [7, 11) is 3.66. The van der Waals surface area contributed by atoms with Gasteiger partial charge in [0.15, 0.2) is 0 Å². The first-order valence-corrected chi connectivity index (χ1v) is 9.50. The minimum atomic E-state index is -0.0748. The van der Waals surface area contributed by atoms with Gasteiger partial charge in [0.05, 0.1) is 23.8 Å². The topological polar surface area (TPSA) is 51.0 Å². The normalized spacial score (nSPS) is 11.0. The van der Waals surface area contributed by atoms with Crippen LogP contribution in [0.15, 0.2) is 30.7 Å². The van der Waals surface area contributed by atoms with Crippen LogP contribution in [0.2, 0.25) is 0 Å². The summed E-state index contributed by atoms with van der Waals surface area (Å²) < 4.78 is 1.90. The summed E-state index contributed by atoms with van der Waals surface area (Å²) >= 11 is 1.89. The quantitative estimate of drug-likeness (QED) is 0.730. The number of imidazole rings is 1. The van der Waals surface area contributed by atoms with Gasteiger partial charge in [-0.25, -0.2) is 4.98 Å². The average Bonchev–Trinajstić information content (AvgIpc) is 2.99. The van der Waals surface area contributed by atoms with Gasteiger partial charge in [0, 0.05) is 20.3 Å². The molecule has 0 radical (unpaired) electrons. The Hall–Kier alpha value is -1.82. The van der Waals surface area contributed by atoms with Crippen molar-refractivity contribution in [2.75, 3.05) is 17.7 Å². The smallest absolute Gasteiger partial charge is 0.276 e. The molecule has 0 aliphatic rings. The number of amides is 1. The molecule has 0 aliphatic heterocycles. The molecule has 0 aromatic carbocycles. The van der Waals surface area contributed by atoms with E-state index >= 15 is 0 Å². The SMILES string of the molecule is CCC(CC)CSCc1ncc(C(=O)N(C)c2cccnc2)n1C. The maximum absolute atomic E-state index is 12.7. The van der Waals surface area contributed by atoms with Gasteiger partial charge in [-0.15, -0.1) is 0 Å². The Bertz CT molecular complexity index is 652. The first-order chi connectivity index (χ1) is 11.6. The van der Waals surface area contributed by atoms with E-state index in [4.69, 9.17) is 0 Å². The van der Waals surface area contributed by atoms with E-state index in [2.05, 4.69) is 23.8 Å². The Kier molecular flexibility index (Phi) is 6.85. The van der Waals surface area contributed by atoms with Gasteiger partial charge in [-0.1, -0.05) is 26.7 Å². The van der Waals surface area contributed by atoms with Crippen LogP contribution in [0.1, 0.15) is 43.0 Å². The molecule has 0 fully saturated rings. The molecule has 0 saturated carbocycles. The van der Waals surface area contributed by atoms with Crippen molar-refractivity contribution < 1.29 is 4.79 Å². The van der Waals surface area contributed by atoms with Crippen LogP contribution >= 0.6 is 11.8 Å². The molecule has 0 N–H and O–H groups in total. The van der Waals surface area contributed by atoms with Gasteiger partial charge in [-0.3, -0.25) is 9.78 Å². The maximum atomic E-state index is 12.7. The lowest BCUT2D eigenvalue weighted by atomic mass is 10.1. The Morgan fingerprint density at radius 1 is 1.33 bits per heavy atom. The van der Waals surface area contributed by atoms with E-state index in [0.29, 0.717) is 5.69 Å². The molecule has 0 bridgehead atoms. The number of anilines is 1. The van der Waals surface area contributed by atoms with Crippen molar-refractivity contribution in [3.8, 4) is 0 Å². The monoisotopic (exact) mass is 346 g/mol. The van der Waals surface area contributed by atoms with Crippen LogP contribution in [0.3, 0.4) is 0 Å². The zero-order valence-electron chi connectivity index (χ0n) is 14.9. The molecular weight excluding hydrogens is 320 g/mol. The molecule has 2 aromatic rings. The Morgan fingerprint density at radius 2 is 2.08 bits per heavy atom. The third-order valence-corrected chi connectivity index (χ3v) is 5.55. The Labute approximate surface area is 148 Å². The van der Waals surface area contributed by atoms with Gasteiger partial charge in [0.1, 0.15) is 11.5 Å². The summed E-state index contributed by atoms with van der Waals surface area (Å²) in [5.41, 5.74) is 1.37. The zero-order chi connectivity index (χ0) is 17.5. The highest BCUT2D eigenvalue weighted by Gasteiger charge is 2.19. The second kappa shape index (κ2) is 8.87. The third-order valence-electron chi connectivity index (χ3n) is 4.38. The van der Waals surface area contributed by atoms with E-state index in [9.17, 15) is 4.79 Å². The van der Waals surface area contributed by atoms with Crippen LogP contribution in [-0.2, 0) is 12.8 Å². The van der Waals surface area contributed by atoms with Crippen LogP contribution in [-0.4, -0.2) is 33.2 Å². The molecule has 5 nitrogen and oxygen atoms in total. The number of aromatic nitrogens is 3. The zero-order valence-corrected chi connectivity index (χ0v) is 15.7. The summed E-state index contributed by atoms with van der Waals surface area (Å²) in [6.45, 7) is 4.47. The molecule has 0 spiro atoms. The minimum absolute atomic E-state index is 0.0748. The predicted octanol–water partition coefficient (Wildman–Crippen LogP) is 3.76. The number of carbonyl (C=O) groups is 1. The van der Waals surface area contributed by atoms with Gasteiger partial charge in [-0.05, 0) is 23.8 Å². The highest BCUT2D eigenvalue weighted by Crippen LogP contribution is 2.20. The second-order valence-corrected chi connectivity index (χ2v) is 6.92. The summed E-state index contributed by atoms with van der Waals surface area (Å²) in [6, 6.07) is 3.69. The molecule has 1 amide bonds. The number of pyridine rings is 1. The molecule has 2 aromatic heterocycles. The highest BCUT2D eigenvalue weighted by atomic mass is 32.2.